The van der Waals surface area contributed by atoms with E-state index in [-0.39, 0.29) is 18.1 Å². The summed E-state index contributed by atoms with van der Waals surface area (Å²) in [6, 6.07) is 2.01. The van der Waals surface area contributed by atoms with Crippen molar-refractivity contribution in [3.63, 3.8) is 0 Å². The van der Waals surface area contributed by atoms with Gasteiger partial charge in [0.1, 0.15) is 0 Å². The first-order valence-corrected chi connectivity index (χ1v) is 5.91. The summed E-state index contributed by atoms with van der Waals surface area (Å²) in [5, 5.41) is 0. The first-order valence-electron chi connectivity index (χ1n) is 5.91. The van der Waals surface area contributed by atoms with E-state index < -0.39 is 18.2 Å². The van der Waals surface area contributed by atoms with Crippen molar-refractivity contribution in [2.24, 2.45) is 0 Å². The molecule has 1 saturated heterocycles. The number of halogens is 3. The van der Waals surface area contributed by atoms with Crippen molar-refractivity contribution in [1.29, 1.82) is 0 Å². The second kappa shape index (κ2) is 5.48. The molecule has 0 bridgehead atoms. The average molecular weight is 289 g/mol. The van der Waals surface area contributed by atoms with E-state index in [1.165, 1.54) is 0 Å². The Balaban J connectivity index is 2.29. The molecule has 0 saturated carbocycles. The Bertz CT molecular complexity index is 525. The summed E-state index contributed by atoms with van der Waals surface area (Å²) in [4.78, 5) is 14.8. The van der Waals surface area contributed by atoms with Gasteiger partial charge in [-0.1, -0.05) is 0 Å². The molecular weight excluding hydrogens is 275 g/mol. The van der Waals surface area contributed by atoms with Gasteiger partial charge < -0.3 is 20.3 Å². The van der Waals surface area contributed by atoms with Crippen LogP contribution in [0, 0.1) is 5.82 Å². The van der Waals surface area contributed by atoms with Gasteiger partial charge in [-0.05, 0) is 0 Å². The lowest BCUT2D eigenvalue weighted by Crippen LogP contribution is -2.48. The van der Waals surface area contributed by atoms with E-state index >= 15 is 0 Å². The van der Waals surface area contributed by atoms with Crippen LogP contribution in [0.25, 0.3) is 0 Å². The van der Waals surface area contributed by atoms with Crippen LogP contribution in [0.4, 0.5) is 24.5 Å². The fourth-order valence-corrected chi connectivity index (χ4v) is 1.98. The molecule has 0 aliphatic carbocycles. The van der Waals surface area contributed by atoms with Gasteiger partial charge in [-0.25, -0.2) is 4.39 Å². The number of amides is 1. The number of hydrogen-bond acceptors (Lipinski definition) is 4. The minimum Gasteiger partial charge on any atom is -0.432 e. The van der Waals surface area contributed by atoms with Crippen LogP contribution in [0.2, 0.25) is 0 Å². The summed E-state index contributed by atoms with van der Waals surface area (Å²) in [5.74, 6) is -1.68. The number of nitrogens with zero attached hydrogens (tertiary/aromatic N) is 2. The summed E-state index contributed by atoms with van der Waals surface area (Å²) in [5.41, 5.74) is 6.06. The van der Waals surface area contributed by atoms with Gasteiger partial charge in [0.05, 0.1) is 17.9 Å². The van der Waals surface area contributed by atoms with Crippen molar-refractivity contribution < 1.29 is 22.7 Å². The monoisotopic (exact) mass is 289 g/mol. The molecule has 0 spiro atoms. The highest BCUT2D eigenvalue weighted by atomic mass is 19.3. The molecule has 0 unspecified atom stereocenters. The number of carbonyl (C=O) groups excluding carboxylic acids is 1. The Kier molecular flexibility index (Phi) is 3.91. The zero-order valence-corrected chi connectivity index (χ0v) is 10.8. The number of nitrogen functional groups attached to an aromatic ring is 1. The minimum absolute atomic E-state index is 0.0560. The highest BCUT2D eigenvalue weighted by molar-refractivity contribution is 5.84. The number of ether oxygens (including phenoxy) is 1. The van der Waals surface area contributed by atoms with Gasteiger partial charge in [-0.15, -0.1) is 0 Å². The molecule has 5 nitrogen and oxygen atoms in total. The van der Waals surface area contributed by atoms with Crippen molar-refractivity contribution >= 4 is 17.3 Å². The Morgan fingerprint density at radius 2 is 2.05 bits per heavy atom. The normalized spacial score (nSPS) is 15.9. The second-order valence-corrected chi connectivity index (χ2v) is 4.46. The van der Waals surface area contributed by atoms with E-state index in [4.69, 9.17) is 5.73 Å². The summed E-state index contributed by atoms with van der Waals surface area (Å²) in [7, 11) is 1.67. The third-order valence-electron chi connectivity index (χ3n) is 3.10. The van der Waals surface area contributed by atoms with Crippen molar-refractivity contribution in [1.82, 2.24) is 4.90 Å². The van der Waals surface area contributed by atoms with E-state index in [9.17, 15) is 18.0 Å². The van der Waals surface area contributed by atoms with Gasteiger partial charge in [0, 0.05) is 32.3 Å². The fourth-order valence-electron chi connectivity index (χ4n) is 1.98. The van der Waals surface area contributed by atoms with Gasteiger partial charge in [0.2, 0.25) is 5.91 Å². The number of anilines is 2. The molecule has 2 N–H and O–H groups in total. The Morgan fingerprint density at radius 1 is 1.35 bits per heavy atom. The van der Waals surface area contributed by atoms with E-state index in [1.54, 1.807) is 16.8 Å². The zero-order valence-electron chi connectivity index (χ0n) is 10.8. The van der Waals surface area contributed by atoms with Gasteiger partial charge in [-0.3, -0.25) is 4.79 Å². The lowest BCUT2D eigenvalue weighted by atomic mass is 10.2. The molecule has 1 aliphatic heterocycles. The molecule has 0 aromatic heterocycles. The van der Waals surface area contributed by atoms with E-state index in [0.717, 1.165) is 12.1 Å². The first kappa shape index (κ1) is 14.3. The van der Waals surface area contributed by atoms with Gasteiger partial charge in [0.25, 0.3) is 0 Å². The molecule has 2 rings (SSSR count). The van der Waals surface area contributed by atoms with Crippen molar-refractivity contribution in [3.05, 3.63) is 17.9 Å². The van der Waals surface area contributed by atoms with Crippen LogP contribution in [0.3, 0.4) is 0 Å². The van der Waals surface area contributed by atoms with E-state index in [0.29, 0.717) is 18.8 Å². The lowest BCUT2D eigenvalue weighted by molar-refractivity contribution is -0.129. The molecule has 1 heterocycles. The maximum absolute atomic E-state index is 13.5. The van der Waals surface area contributed by atoms with Crippen LogP contribution in [-0.2, 0) is 4.79 Å². The quantitative estimate of drug-likeness (QED) is 0.852. The van der Waals surface area contributed by atoms with Gasteiger partial charge in [-0.2, -0.15) is 8.78 Å². The maximum atomic E-state index is 13.5. The predicted octanol–water partition coefficient (Wildman–Crippen LogP) is 1.29. The molecule has 1 aromatic rings. The van der Waals surface area contributed by atoms with Gasteiger partial charge >= 0.3 is 6.61 Å². The molecular formula is C12H14F3N3O2. The number of benzene rings is 1. The summed E-state index contributed by atoms with van der Waals surface area (Å²) in [6.45, 7) is -2.12. The van der Waals surface area contributed by atoms with Crippen LogP contribution >= 0.6 is 0 Å². The molecule has 1 aliphatic rings. The Labute approximate surface area is 113 Å². The number of rotatable bonds is 3. The number of nitrogens with two attached hydrogens (primary N) is 1. The predicted molar refractivity (Wildman–Crippen MR) is 67.3 cm³/mol. The van der Waals surface area contributed by atoms with Crippen LogP contribution in [0.5, 0.6) is 5.75 Å². The minimum atomic E-state index is -3.13. The molecule has 110 valence electrons. The lowest BCUT2D eigenvalue weighted by Gasteiger charge is -2.34. The van der Waals surface area contributed by atoms with E-state index in [1.807, 2.05) is 0 Å². The molecule has 20 heavy (non-hydrogen) atoms. The molecule has 1 fully saturated rings. The average Bonchev–Trinajstić information content (AvgIpc) is 2.36. The SMILES string of the molecule is CN1CCN(c2cc(OC(F)F)c(F)cc2N)CC1=O. The largest absolute Gasteiger partial charge is 0.432 e. The van der Waals surface area contributed by atoms with Crippen LogP contribution < -0.4 is 15.4 Å². The standard InChI is InChI=1S/C12H14F3N3O2/c1-17-2-3-18(6-11(17)19)9-5-10(20-12(14)15)7(13)4-8(9)16/h4-5,12H,2-3,6,16H2,1H3. The molecule has 0 atom stereocenters. The number of likely N-dealkylation sites (N-methyl/N-ethyl adjacent to an activating group) is 1. The third-order valence-corrected chi connectivity index (χ3v) is 3.10. The zero-order chi connectivity index (χ0) is 14.9. The topological polar surface area (TPSA) is 58.8 Å². The first-order chi connectivity index (χ1) is 9.38. The third kappa shape index (κ3) is 2.89. The van der Waals surface area contributed by atoms with Crippen molar-refractivity contribution in [2.75, 3.05) is 37.3 Å². The second-order valence-electron chi connectivity index (χ2n) is 4.46. The van der Waals surface area contributed by atoms with Crippen LogP contribution in [0.15, 0.2) is 12.1 Å². The fraction of sp³-hybridized carbons (Fsp3) is 0.417. The molecule has 0 radical (unpaired) electrons. The number of hydrogen-bond donors (Lipinski definition) is 1. The van der Waals surface area contributed by atoms with Crippen LogP contribution in [-0.4, -0.2) is 44.1 Å². The van der Waals surface area contributed by atoms with Crippen molar-refractivity contribution in [2.45, 2.75) is 6.61 Å². The molecule has 1 aromatic carbocycles. The van der Waals surface area contributed by atoms with Crippen molar-refractivity contribution in [3.8, 4) is 5.75 Å². The number of carbonyl (C=O) groups is 1. The summed E-state index contributed by atoms with van der Waals surface area (Å²) in [6.07, 6.45) is 0. The molecule has 8 heteroatoms. The number of piperazine rings is 1. The van der Waals surface area contributed by atoms with E-state index in [2.05, 4.69) is 4.74 Å². The smallest absolute Gasteiger partial charge is 0.387 e. The van der Waals surface area contributed by atoms with Gasteiger partial charge in [0.15, 0.2) is 11.6 Å². The maximum Gasteiger partial charge on any atom is 0.387 e. The molecule has 1 amide bonds. The highest BCUT2D eigenvalue weighted by Crippen LogP contribution is 2.32. The van der Waals surface area contributed by atoms with Crippen LogP contribution in [0.1, 0.15) is 0 Å². The number of alkyl halides is 2. The Hall–Kier alpha value is -2.12. The Morgan fingerprint density at radius 3 is 2.65 bits per heavy atom. The highest BCUT2D eigenvalue weighted by Gasteiger charge is 2.24. The summed E-state index contributed by atoms with van der Waals surface area (Å²) >= 11 is 0. The summed E-state index contributed by atoms with van der Waals surface area (Å²) < 4.78 is 41.9.